The lowest BCUT2D eigenvalue weighted by molar-refractivity contribution is 0.0475. The number of amides is 1. The fraction of sp³-hybridized carbons (Fsp3) is 0.533. The number of hydrogen-bond donors (Lipinski definition) is 2. The van der Waals surface area contributed by atoms with Crippen molar-refractivity contribution in [1.82, 2.24) is 5.32 Å². The molecule has 1 aliphatic rings. The fourth-order valence-electron chi connectivity index (χ4n) is 2.16. The van der Waals surface area contributed by atoms with Crippen molar-refractivity contribution >= 4 is 39.3 Å². The number of carbonyl (C=O) groups is 1. The Hall–Kier alpha value is -0.940. The predicted octanol–water partition coefficient (Wildman–Crippen LogP) is 4.57. The SMILES string of the molecule is CC(C)(C)OC(=O)NC1CC(Nc2cc(Cl)ccc2Br)C1. The summed E-state index contributed by atoms with van der Waals surface area (Å²) in [5, 5.41) is 6.99. The van der Waals surface area contributed by atoms with Crippen LogP contribution in [-0.2, 0) is 4.74 Å². The van der Waals surface area contributed by atoms with E-state index in [1.807, 2.05) is 39.0 Å². The lowest BCUT2D eigenvalue weighted by Gasteiger charge is -2.37. The van der Waals surface area contributed by atoms with E-state index in [1.165, 1.54) is 0 Å². The van der Waals surface area contributed by atoms with Crippen molar-refractivity contribution in [3.8, 4) is 0 Å². The number of halogens is 2. The Balaban J connectivity index is 1.77. The van der Waals surface area contributed by atoms with Gasteiger partial charge in [0, 0.05) is 21.6 Å². The molecule has 0 radical (unpaired) electrons. The van der Waals surface area contributed by atoms with Gasteiger partial charge in [-0.2, -0.15) is 0 Å². The van der Waals surface area contributed by atoms with Crippen LogP contribution in [0.2, 0.25) is 5.02 Å². The first-order valence-corrected chi connectivity index (χ1v) is 8.11. The molecule has 2 rings (SSSR count). The minimum Gasteiger partial charge on any atom is -0.444 e. The van der Waals surface area contributed by atoms with Crippen molar-refractivity contribution in [2.75, 3.05) is 5.32 Å². The summed E-state index contributed by atoms with van der Waals surface area (Å²) in [5.74, 6) is 0. The van der Waals surface area contributed by atoms with Gasteiger partial charge in [0.05, 0.1) is 5.69 Å². The van der Waals surface area contributed by atoms with E-state index in [0.29, 0.717) is 11.1 Å². The van der Waals surface area contributed by atoms with E-state index in [0.717, 1.165) is 23.0 Å². The normalized spacial score (nSPS) is 21.4. The minimum atomic E-state index is -0.461. The number of rotatable bonds is 3. The summed E-state index contributed by atoms with van der Waals surface area (Å²) in [7, 11) is 0. The van der Waals surface area contributed by atoms with Crippen LogP contribution in [-0.4, -0.2) is 23.8 Å². The highest BCUT2D eigenvalue weighted by Crippen LogP contribution is 2.30. The first-order valence-electron chi connectivity index (χ1n) is 6.94. The van der Waals surface area contributed by atoms with E-state index in [-0.39, 0.29) is 12.1 Å². The largest absolute Gasteiger partial charge is 0.444 e. The number of carbonyl (C=O) groups excluding carboxylic acids is 1. The molecule has 0 spiro atoms. The summed E-state index contributed by atoms with van der Waals surface area (Å²) in [5.41, 5.74) is 0.514. The number of alkyl carbamates (subject to hydrolysis) is 1. The zero-order valence-electron chi connectivity index (χ0n) is 12.4. The van der Waals surface area contributed by atoms with Gasteiger partial charge in [-0.25, -0.2) is 4.79 Å². The molecule has 1 aliphatic carbocycles. The quantitative estimate of drug-likeness (QED) is 0.813. The molecule has 116 valence electrons. The predicted molar refractivity (Wildman–Crippen MR) is 89.0 cm³/mol. The third-order valence-corrected chi connectivity index (χ3v) is 4.07. The number of ether oxygens (including phenoxy) is 1. The molecule has 1 aromatic rings. The van der Waals surface area contributed by atoms with Gasteiger partial charge in [-0.05, 0) is 67.7 Å². The molecule has 0 saturated heterocycles. The molecule has 1 fully saturated rings. The Kier molecular flexibility index (Phi) is 5.04. The third kappa shape index (κ3) is 5.08. The molecule has 4 nitrogen and oxygen atoms in total. The summed E-state index contributed by atoms with van der Waals surface area (Å²) >= 11 is 9.48. The van der Waals surface area contributed by atoms with Crippen molar-refractivity contribution < 1.29 is 9.53 Å². The fourth-order valence-corrected chi connectivity index (χ4v) is 2.69. The maximum absolute atomic E-state index is 11.6. The molecule has 0 atom stereocenters. The second-order valence-corrected chi connectivity index (χ2v) is 7.57. The second-order valence-electron chi connectivity index (χ2n) is 6.28. The minimum absolute atomic E-state index is 0.162. The maximum Gasteiger partial charge on any atom is 0.407 e. The average molecular weight is 376 g/mol. The molecular weight excluding hydrogens is 356 g/mol. The highest BCUT2D eigenvalue weighted by Gasteiger charge is 2.31. The van der Waals surface area contributed by atoms with Crippen molar-refractivity contribution in [2.45, 2.75) is 51.3 Å². The molecule has 0 aliphatic heterocycles. The summed E-state index contributed by atoms with van der Waals surface area (Å²) in [6.07, 6.45) is 1.39. The van der Waals surface area contributed by atoms with E-state index in [9.17, 15) is 4.79 Å². The van der Waals surface area contributed by atoms with Gasteiger partial charge in [-0.15, -0.1) is 0 Å². The monoisotopic (exact) mass is 374 g/mol. The number of hydrogen-bond acceptors (Lipinski definition) is 3. The molecule has 1 saturated carbocycles. The zero-order valence-corrected chi connectivity index (χ0v) is 14.7. The number of nitrogens with one attached hydrogen (secondary N) is 2. The van der Waals surface area contributed by atoms with Crippen LogP contribution in [0.5, 0.6) is 0 Å². The average Bonchev–Trinajstić information content (AvgIpc) is 2.28. The summed E-state index contributed by atoms with van der Waals surface area (Å²) in [6.45, 7) is 5.57. The first kappa shape index (κ1) is 16.4. The van der Waals surface area contributed by atoms with Gasteiger partial charge in [-0.3, -0.25) is 0 Å². The van der Waals surface area contributed by atoms with Gasteiger partial charge >= 0.3 is 6.09 Å². The van der Waals surface area contributed by atoms with Crippen LogP contribution in [0.1, 0.15) is 33.6 Å². The second kappa shape index (κ2) is 6.44. The molecule has 0 heterocycles. The van der Waals surface area contributed by atoms with E-state index in [2.05, 4.69) is 26.6 Å². The maximum atomic E-state index is 11.6. The van der Waals surface area contributed by atoms with Crippen molar-refractivity contribution in [3.63, 3.8) is 0 Å². The zero-order chi connectivity index (χ0) is 15.6. The molecular formula is C15H20BrClN2O2. The van der Waals surface area contributed by atoms with Gasteiger partial charge in [0.15, 0.2) is 0 Å². The molecule has 0 aromatic heterocycles. The molecule has 1 aromatic carbocycles. The molecule has 21 heavy (non-hydrogen) atoms. The summed E-state index contributed by atoms with van der Waals surface area (Å²) in [6, 6.07) is 6.14. The van der Waals surface area contributed by atoms with Gasteiger partial charge in [0.2, 0.25) is 0 Å². The van der Waals surface area contributed by atoms with Crippen LogP contribution in [0, 0.1) is 0 Å². The van der Waals surface area contributed by atoms with E-state index in [4.69, 9.17) is 16.3 Å². The van der Waals surface area contributed by atoms with Crippen LogP contribution in [0.4, 0.5) is 10.5 Å². The van der Waals surface area contributed by atoms with Crippen LogP contribution < -0.4 is 10.6 Å². The number of benzene rings is 1. The van der Waals surface area contributed by atoms with Crippen LogP contribution in [0.15, 0.2) is 22.7 Å². The Labute approximate surface area is 138 Å². The highest BCUT2D eigenvalue weighted by molar-refractivity contribution is 9.10. The molecule has 2 N–H and O–H groups in total. The van der Waals surface area contributed by atoms with Crippen molar-refractivity contribution in [1.29, 1.82) is 0 Å². The smallest absolute Gasteiger partial charge is 0.407 e. The van der Waals surface area contributed by atoms with Gasteiger partial charge in [0.25, 0.3) is 0 Å². The Bertz CT molecular complexity index is 525. The lowest BCUT2D eigenvalue weighted by atomic mass is 9.86. The Morgan fingerprint density at radius 1 is 1.33 bits per heavy atom. The Morgan fingerprint density at radius 3 is 2.62 bits per heavy atom. The number of anilines is 1. The van der Waals surface area contributed by atoms with E-state index >= 15 is 0 Å². The van der Waals surface area contributed by atoms with Crippen LogP contribution >= 0.6 is 27.5 Å². The molecule has 1 amide bonds. The van der Waals surface area contributed by atoms with E-state index in [1.54, 1.807) is 0 Å². The van der Waals surface area contributed by atoms with Crippen LogP contribution in [0.3, 0.4) is 0 Å². The van der Waals surface area contributed by atoms with Crippen molar-refractivity contribution in [3.05, 3.63) is 27.7 Å². The topological polar surface area (TPSA) is 50.4 Å². The van der Waals surface area contributed by atoms with Crippen LogP contribution in [0.25, 0.3) is 0 Å². The Morgan fingerprint density at radius 2 is 2.00 bits per heavy atom. The van der Waals surface area contributed by atoms with E-state index < -0.39 is 5.60 Å². The highest BCUT2D eigenvalue weighted by atomic mass is 79.9. The van der Waals surface area contributed by atoms with Gasteiger partial charge in [0.1, 0.15) is 5.60 Å². The molecule has 0 bridgehead atoms. The van der Waals surface area contributed by atoms with Gasteiger partial charge < -0.3 is 15.4 Å². The third-order valence-electron chi connectivity index (χ3n) is 3.15. The van der Waals surface area contributed by atoms with Crippen molar-refractivity contribution in [2.24, 2.45) is 0 Å². The first-order chi connectivity index (χ1) is 9.73. The lowest BCUT2D eigenvalue weighted by Crippen LogP contribution is -2.50. The summed E-state index contributed by atoms with van der Waals surface area (Å²) in [4.78, 5) is 11.6. The standard InChI is InChI=1S/C15H20BrClN2O2/c1-15(2,3)21-14(20)19-11-7-10(8-11)18-13-6-9(17)4-5-12(13)16/h4-6,10-11,18H,7-8H2,1-3H3,(H,19,20). The molecule has 6 heteroatoms. The van der Waals surface area contributed by atoms with Gasteiger partial charge in [-0.1, -0.05) is 11.6 Å². The summed E-state index contributed by atoms with van der Waals surface area (Å²) < 4.78 is 6.22. The molecule has 0 unspecified atom stereocenters.